The second-order valence-corrected chi connectivity index (χ2v) is 3.97. The highest BCUT2D eigenvalue weighted by Gasteiger charge is 2.50. The molecule has 0 spiro atoms. The maximum atomic E-state index is 2.41. The molecule has 0 bridgehead atoms. The minimum absolute atomic E-state index is 0.569. The number of rotatable bonds is 0. The maximum absolute atomic E-state index is 2.41. The van der Waals surface area contributed by atoms with Gasteiger partial charge in [0.2, 0.25) is 0 Å². The Hall–Kier alpha value is -0.520. The van der Waals surface area contributed by atoms with Gasteiger partial charge in [0.15, 0.2) is 0 Å². The van der Waals surface area contributed by atoms with Gasteiger partial charge in [-0.3, -0.25) is 0 Å². The lowest BCUT2D eigenvalue weighted by Gasteiger charge is -2.15. The first kappa shape index (κ1) is 6.21. The Labute approximate surface area is 62.6 Å². The molecule has 0 aromatic carbocycles. The van der Waals surface area contributed by atoms with E-state index in [-0.39, 0.29) is 0 Å². The van der Waals surface area contributed by atoms with Crippen LogP contribution in [0.1, 0.15) is 27.2 Å². The summed E-state index contributed by atoms with van der Waals surface area (Å²) in [6.45, 7) is 6.82. The topological polar surface area (TPSA) is 0 Å². The first-order chi connectivity index (χ1) is 4.63. The summed E-state index contributed by atoms with van der Waals surface area (Å²) in [7, 11) is 0. The molecule has 54 valence electrons. The molecule has 1 saturated carbocycles. The van der Waals surface area contributed by atoms with Crippen LogP contribution in [-0.4, -0.2) is 0 Å². The van der Waals surface area contributed by atoms with Gasteiger partial charge in [-0.1, -0.05) is 30.2 Å². The third-order valence-corrected chi connectivity index (χ3v) is 3.11. The van der Waals surface area contributed by atoms with Gasteiger partial charge >= 0.3 is 0 Å². The van der Waals surface area contributed by atoms with Gasteiger partial charge in [0.05, 0.1) is 0 Å². The van der Waals surface area contributed by atoms with Crippen LogP contribution in [0.4, 0.5) is 0 Å². The summed E-state index contributed by atoms with van der Waals surface area (Å²) in [5.41, 5.74) is 3.61. The summed E-state index contributed by atoms with van der Waals surface area (Å²) in [6.07, 6.45) is 6.11. The zero-order valence-electron chi connectivity index (χ0n) is 6.94. The lowest BCUT2D eigenvalue weighted by Crippen LogP contribution is -2.02. The van der Waals surface area contributed by atoms with E-state index in [9.17, 15) is 0 Å². The van der Waals surface area contributed by atoms with Crippen LogP contribution in [0.3, 0.4) is 0 Å². The van der Waals surface area contributed by atoms with E-state index >= 15 is 0 Å². The zero-order valence-corrected chi connectivity index (χ0v) is 6.94. The fourth-order valence-electron chi connectivity index (χ4n) is 1.97. The van der Waals surface area contributed by atoms with Gasteiger partial charge in [0.1, 0.15) is 0 Å². The second-order valence-electron chi connectivity index (χ2n) is 3.97. The Kier molecular flexibility index (Phi) is 0.964. The molecule has 2 unspecified atom stereocenters. The molecule has 2 aliphatic rings. The summed E-state index contributed by atoms with van der Waals surface area (Å²) in [5.74, 6) is 0.873. The molecule has 2 rings (SSSR count). The Morgan fingerprint density at radius 3 is 2.80 bits per heavy atom. The number of hydrogen-bond acceptors (Lipinski definition) is 0. The first-order valence-electron chi connectivity index (χ1n) is 4.00. The molecule has 0 N–H and O–H groups in total. The third-order valence-electron chi connectivity index (χ3n) is 3.11. The molecule has 0 heterocycles. The molecule has 0 aromatic rings. The molecule has 2 atom stereocenters. The fraction of sp³-hybridized carbons (Fsp3) is 0.600. The highest BCUT2D eigenvalue weighted by Crippen LogP contribution is 2.60. The summed E-state index contributed by atoms with van der Waals surface area (Å²) >= 11 is 0. The van der Waals surface area contributed by atoms with E-state index < -0.39 is 0 Å². The average Bonchev–Trinajstić information content (AvgIpc) is 2.42. The molecule has 10 heavy (non-hydrogen) atoms. The van der Waals surface area contributed by atoms with Crippen molar-refractivity contribution in [1.82, 2.24) is 0 Å². The van der Waals surface area contributed by atoms with E-state index in [4.69, 9.17) is 0 Å². The SMILES string of the molecule is CC1=CC2CC2(C)C(C)=C1. The van der Waals surface area contributed by atoms with E-state index in [0.717, 1.165) is 5.92 Å². The normalized spacial score (nSPS) is 43.7. The minimum Gasteiger partial charge on any atom is -0.0776 e. The van der Waals surface area contributed by atoms with Crippen LogP contribution >= 0.6 is 0 Å². The molecule has 0 amide bonds. The highest BCUT2D eigenvalue weighted by molar-refractivity contribution is 5.38. The number of fused-ring (bicyclic) bond motifs is 1. The van der Waals surface area contributed by atoms with Gasteiger partial charge in [-0.15, -0.1) is 0 Å². The van der Waals surface area contributed by atoms with Crippen LogP contribution in [0, 0.1) is 11.3 Å². The molecule has 0 aliphatic heterocycles. The van der Waals surface area contributed by atoms with Crippen molar-refractivity contribution in [3.05, 3.63) is 23.3 Å². The Bertz CT molecular complexity index is 232. The quantitative estimate of drug-likeness (QED) is 0.478. The van der Waals surface area contributed by atoms with Gasteiger partial charge in [0.25, 0.3) is 0 Å². The van der Waals surface area contributed by atoms with Crippen LogP contribution in [0.2, 0.25) is 0 Å². The molecule has 0 aromatic heterocycles. The minimum atomic E-state index is 0.569. The van der Waals surface area contributed by atoms with Gasteiger partial charge < -0.3 is 0 Å². The van der Waals surface area contributed by atoms with Crippen LogP contribution in [0.5, 0.6) is 0 Å². The molecule has 1 fully saturated rings. The summed E-state index contributed by atoms with van der Waals surface area (Å²) in [5, 5.41) is 0. The van der Waals surface area contributed by atoms with Crippen LogP contribution in [0.25, 0.3) is 0 Å². The van der Waals surface area contributed by atoms with Crippen molar-refractivity contribution in [1.29, 1.82) is 0 Å². The monoisotopic (exact) mass is 134 g/mol. The van der Waals surface area contributed by atoms with Crippen molar-refractivity contribution in [2.75, 3.05) is 0 Å². The van der Waals surface area contributed by atoms with E-state index in [1.165, 1.54) is 12.0 Å². The van der Waals surface area contributed by atoms with Gasteiger partial charge in [0, 0.05) is 0 Å². The highest BCUT2D eigenvalue weighted by atomic mass is 14.5. The largest absolute Gasteiger partial charge is 0.0776 e. The molecule has 0 saturated heterocycles. The van der Waals surface area contributed by atoms with Crippen molar-refractivity contribution < 1.29 is 0 Å². The zero-order chi connectivity index (χ0) is 7.35. The van der Waals surface area contributed by atoms with E-state index in [1.54, 1.807) is 5.57 Å². The van der Waals surface area contributed by atoms with Gasteiger partial charge in [-0.05, 0) is 31.6 Å². The summed E-state index contributed by atoms with van der Waals surface area (Å²) in [6, 6.07) is 0. The van der Waals surface area contributed by atoms with Crippen molar-refractivity contribution in [2.45, 2.75) is 27.2 Å². The van der Waals surface area contributed by atoms with E-state index in [2.05, 4.69) is 32.9 Å². The third kappa shape index (κ3) is 0.622. The summed E-state index contributed by atoms with van der Waals surface area (Å²) < 4.78 is 0. The van der Waals surface area contributed by atoms with Crippen molar-refractivity contribution >= 4 is 0 Å². The standard InChI is InChI=1S/C10H14/c1-7-4-8(2)10(3)6-9(10)5-7/h4-5,9H,6H2,1-3H3. The Balaban J connectivity index is 2.38. The fourth-order valence-corrected chi connectivity index (χ4v) is 1.97. The van der Waals surface area contributed by atoms with Crippen molar-refractivity contribution in [3.63, 3.8) is 0 Å². The van der Waals surface area contributed by atoms with E-state index in [0.29, 0.717) is 5.41 Å². The predicted octanol–water partition coefficient (Wildman–Crippen LogP) is 2.92. The number of allylic oxidation sites excluding steroid dienone is 4. The van der Waals surface area contributed by atoms with Crippen LogP contribution in [0.15, 0.2) is 23.3 Å². The summed E-state index contributed by atoms with van der Waals surface area (Å²) in [4.78, 5) is 0. The molecule has 2 aliphatic carbocycles. The molecule has 0 heteroatoms. The van der Waals surface area contributed by atoms with E-state index in [1.807, 2.05) is 0 Å². The first-order valence-corrected chi connectivity index (χ1v) is 4.00. The van der Waals surface area contributed by atoms with Crippen molar-refractivity contribution in [2.24, 2.45) is 11.3 Å². The molecule has 0 radical (unpaired) electrons. The predicted molar refractivity (Wildman–Crippen MR) is 43.7 cm³/mol. The Morgan fingerprint density at radius 1 is 1.50 bits per heavy atom. The maximum Gasteiger partial charge on any atom is -0.00468 e. The van der Waals surface area contributed by atoms with Crippen LogP contribution in [-0.2, 0) is 0 Å². The molecular formula is C10H14. The van der Waals surface area contributed by atoms with Crippen molar-refractivity contribution in [3.8, 4) is 0 Å². The number of hydrogen-bond donors (Lipinski definition) is 0. The van der Waals surface area contributed by atoms with Gasteiger partial charge in [-0.25, -0.2) is 0 Å². The Morgan fingerprint density at radius 2 is 2.20 bits per heavy atom. The lowest BCUT2D eigenvalue weighted by molar-refractivity contribution is 0.635. The van der Waals surface area contributed by atoms with Gasteiger partial charge in [-0.2, -0.15) is 0 Å². The van der Waals surface area contributed by atoms with Crippen LogP contribution < -0.4 is 0 Å². The smallest absolute Gasteiger partial charge is 0.00468 e. The lowest BCUT2D eigenvalue weighted by atomic mass is 9.90. The molecule has 0 nitrogen and oxygen atoms in total. The molecular weight excluding hydrogens is 120 g/mol. The average molecular weight is 134 g/mol. The second kappa shape index (κ2) is 1.55.